The number of carbonyl (C=O) groups is 2. The molecule has 1 heterocycles. The van der Waals surface area contributed by atoms with E-state index in [1.165, 1.54) is 4.90 Å². The third-order valence-corrected chi connectivity index (χ3v) is 5.71. The highest BCUT2D eigenvalue weighted by Gasteiger charge is 2.46. The van der Waals surface area contributed by atoms with Crippen molar-refractivity contribution < 1.29 is 28.9 Å². The third-order valence-electron chi connectivity index (χ3n) is 5.71. The molecule has 2 aromatic rings. The fraction of sp³-hybridized carbons (Fsp3) is 0.429. The molecule has 8 heteroatoms. The summed E-state index contributed by atoms with van der Waals surface area (Å²) in [5, 5.41) is 11.3. The smallest absolute Gasteiger partial charge is 0.295 e. The Morgan fingerprint density at radius 2 is 1.64 bits per heavy atom. The normalized spacial score (nSPS) is 17.2. The zero-order valence-corrected chi connectivity index (χ0v) is 21.9. The second-order valence-electron chi connectivity index (χ2n) is 9.06. The number of likely N-dealkylation sites (tertiary alicyclic amines) is 1. The van der Waals surface area contributed by atoms with E-state index in [4.69, 9.17) is 14.2 Å². The first-order valence-electron chi connectivity index (χ1n) is 12.3. The van der Waals surface area contributed by atoms with Crippen molar-refractivity contribution in [2.45, 2.75) is 39.8 Å². The lowest BCUT2D eigenvalue weighted by molar-refractivity contribution is -0.140. The van der Waals surface area contributed by atoms with Crippen LogP contribution in [0.25, 0.3) is 5.76 Å². The van der Waals surface area contributed by atoms with Gasteiger partial charge in [-0.2, -0.15) is 0 Å². The molecule has 0 saturated carbocycles. The Morgan fingerprint density at radius 3 is 2.22 bits per heavy atom. The van der Waals surface area contributed by atoms with Crippen molar-refractivity contribution in [2.24, 2.45) is 0 Å². The number of hydrogen-bond donors (Lipinski definition) is 1. The van der Waals surface area contributed by atoms with Gasteiger partial charge in [-0.3, -0.25) is 9.59 Å². The van der Waals surface area contributed by atoms with Crippen molar-refractivity contribution in [3.63, 3.8) is 0 Å². The number of Topliss-reactive ketones (excluding diaryl/α,β-unsaturated/α-hetero) is 1. The number of benzene rings is 2. The van der Waals surface area contributed by atoms with Crippen molar-refractivity contribution in [2.75, 3.05) is 40.4 Å². The Morgan fingerprint density at radius 1 is 1.00 bits per heavy atom. The van der Waals surface area contributed by atoms with Crippen LogP contribution < -0.4 is 14.2 Å². The maximum absolute atomic E-state index is 13.2. The summed E-state index contributed by atoms with van der Waals surface area (Å²) in [5.74, 6) is 0.158. The minimum atomic E-state index is -0.772. The minimum Gasteiger partial charge on any atom is -0.507 e. The molecular formula is C28H36N2O6. The summed E-state index contributed by atoms with van der Waals surface area (Å²) < 4.78 is 17.2. The Labute approximate surface area is 213 Å². The predicted molar refractivity (Wildman–Crippen MR) is 139 cm³/mol. The molecule has 0 bridgehead atoms. The summed E-state index contributed by atoms with van der Waals surface area (Å²) in [6.07, 6.45) is 0.00524. The first-order valence-corrected chi connectivity index (χ1v) is 12.3. The monoisotopic (exact) mass is 496 g/mol. The first-order chi connectivity index (χ1) is 17.2. The quantitative estimate of drug-likeness (QED) is 0.283. The van der Waals surface area contributed by atoms with Crippen molar-refractivity contribution in [1.29, 1.82) is 0 Å². The topological polar surface area (TPSA) is 88.5 Å². The second kappa shape index (κ2) is 11.9. The molecule has 1 fully saturated rings. The zero-order valence-electron chi connectivity index (χ0n) is 21.9. The van der Waals surface area contributed by atoms with Gasteiger partial charge in [-0.1, -0.05) is 6.07 Å². The molecular weight excluding hydrogens is 460 g/mol. The number of aliphatic hydroxyl groups is 1. The van der Waals surface area contributed by atoms with Crippen molar-refractivity contribution >= 4 is 17.4 Å². The molecule has 36 heavy (non-hydrogen) atoms. The molecule has 1 aliphatic heterocycles. The van der Waals surface area contributed by atoms with Crippen LogP contribution in [-0.4, -0.2) is 73.1 Å². The molecule has 194 valence electrons. The summed E-state index contributed by atoms with van der Waals surface area (Å²) in [6.45, 7) is 9.38. The fourth-order valence-electron chi connectivity index (χ4n) is 4.12. The standard InChI is InChI=1S/C28H36N2O6/c1-7-34-22-14-11-20(17-23(22)35-8-2)25-24(27(32)28(33)30(25)16-15-29(5)6)26(31)19-9-12-21(13-10-19)36-18(3)4/h9-14,17-18,25,31H,7-8,15-16H2,1-6H3/t25-/m0/s1. The molecule has 0 unspecified atom stereocenters. The Balaban J connectivity index is 2.13. The van der Waals surface area contributed by atoms with Crippen molar-refractivity contribution in [1.82, 2.24) is 9.80 Å². The Hall–Kier alpha value is -3.52. The average molecular weight is 497 g/mol. The molecule has 8 nitrogen and oxygen atoms in total. The number of likely N-dealkylation sites (N-methyl/N-ethyl adjacent to an activating group) is 1. The molecule has 1 saturated heterocycles. The van der Waals surface area contributed by atoms with E-state index in [1.807, 2.05) is 46.7 Å². The lowest BCUT2D eigenvalue weighted by Crippen LogP contribution is -2.35. The molecule has 0 spiro atoms. The van der Waals surface area contributed by atoms with Gasteiger partial charge in [0.05, 0.1) is 30.9 Å². The number of carbonyl (C=O) groups excluding carboxylic acids is 2. The van der Waals surface area contributed by atoms with Crippen LogP contribution in [-0.2, 0) is 9.59 Å². The highest BCUT2D eigenvalue weighted by Crippen LogP contribution is 2.42. The molecule has 0 aromatic heterocycles. The highest BCUT2D eigenvalue weighted by molar-refractivity contribution is 6.46. The van der Waals surface area contributed by atoms with Gasteiger partial charge in [-0.05, 0) is 83.8 Å². The molecule has 2 aromatic carbocycles. The minimum absolute atomic E-state index is 0.00524. The van der Waals surface area contributed by atoms with Gasteiger partial charge in [-0.15, -0.1) is 0 Å². The van der Waals surface area contributed by atoms with Crippen LogP contribution in [0.2, 0.25) is 0 Å². The van der Waals surface area contributed by atoms with E-state index in [0.717, 1.165) is 0 Å². The van der Waals surface area contributed by atoms with E-state index < -0.39 is 17.7 Å². The summed E-state index contributed by atoms with van der Waals surface area (Å²) in [6, 6.07) is 11.4. The van der Waals surface area contributed by atoms with Gasteiger partial charge in [-0.25, -0.2) is 0 Å². The maximum Gasteiger partial charge on any atom is 0.295 e. The van der Waals surface area contributed by atoms with E-state index in [-0.39, 0.29) is 17.4 Å². The molecule has 1 amide bonds. The van der Waals surface area contributed by atoms with E-state index >= 15 is 0 Å². The molecule has 1 N–H and O–H groups in total. The van der Waals surface area contributed by atoms with E-state index in [9.17, 15) is 14.7 Å². The molecule has 0 aliphatic carbocycles. The van der Waals surface area contributed by atoms with Gasteiger partial charge in [0.15, 0.2) is 11.5 Å². The summed E-state index contributed by atoms with van der Waals surface area (Å²) in [7, 11) is 3.80. The van der Waals surface area contributed by atoms with E-state index in [0.29, 0.717) is 54.7 Å². The number of amides is 1. The fourth-order valence-corrected chi connectivity index (χ4v) is 4.12. The molecule has 1 atom stereocenters. The van der Waals surface area contributed by atoms with Crippen LogP contribution in [0.3, 0.4) is 0 Å². The Bertz CT molecular complexity index is 1110. The van der Waals surface area contributed by atoms with Gasteiger partial charge >= 0.3 is 0 Å². The first kappa shape index (κ1) is 27.1. The van der Waals surface area contributed by atoms with Gasteiger partial charge < -0.3 is 29.1 Å². The Kier molecular flexibility index (Phi) is 8.98. The molecule has 0 radical (unpaired) electrons. The largest absolute Gasteiger partial charge is 0.507 e. The van der Waals surface area contributed by atoms with Crippen LogP contribution in [0.5, 0.6) is 17.2 Å². The van der Waals surface area contributed by atoms with Gasteiger partial charge in [0.1, 0.15) is 11.5 Å². The summed E-state index contributed by atoms with van der Waals surface area (Å²) in [4.78, 5) is 29.8. The lowest BCUT2D eigenvalue weighted by Gasteiger charge is -2.27. The number of ether oxygens (including phenoxy) is 3. The number of nitrogens with zero attached hydrogens (tertiary/aromatic N) is 2. The number of hydrogen-bond acceptors (Lipinski definition) is 7. The zero-order chi connectivity index (χ0) is 26.4. The highest BCUT2D eigenvalue weighted by atomic mass is 16.5. The van der Waals surface area contributed by atoms with Crippen LogP contribution in [0, 0.1) is 0 Å². The predicted octanol–water partition coefficient (Wildman–Crippen LogP) is 4.25. The molecule has 3 rings (SSSR count). The van der Waals surface area contributed by atoms with Crippen LogP contribution in [0.4, 0.5) is 0 Å². The van der Waals surface area contributed by atoms with Crippen LogP contribution in [0.15, 0.2) is 48.0 Å². The summed E-state index contributed by atoms with van der Waals surface area (Å²) >= 11 is 0. The number of aliphatic hydroxyl groups excluding tert-OH is 1. The van der Waals surface area contributed by atoms with E-state index in [2.05, 4.69) is 0 Å². The van der Waals surface area contributed by atoms with Gasteiger partial charge in [0.25, 0.3) is 11.7 Å². The van der Waals surface area contributed by atoms with Crippen LogP contribution >= 0.6 is 0 Å². The van der Waals surface area contributed by atoms with Crippen molar-refractivity contribution in [3.8, 4) is 17.2 Å². The average Bonchev–Trinajstić information content (AvgIpc) is 3.08. The third kappa shape index (κ3) is 5.99. The SMILES string of the molecule is CCOc1ccc([C@H]2C(=C(O)c3ccc(OC(C)C)cc3)C(=O)C(=O)N2CCN(C)C)cc1OCC. The number of ketones is 1. The van der Waals surface area contributed by atoms with Gasteiger partial charge in [0, 0.05) is 18.7 Å². The van der Waals surface area contributed by atoms with Crippen molar-refractivity contribution in [3.05, 3.63) is 59.2 Å². The second-order valence-corrected chi connectivity index (χ2v) is 9.06. The van der Waals surface area contributed by atoms with E-state index in [1.54, 1.807) is 42.5 Å². The number of rotatable bonds is 11. The lowest BCUT2D eigenvalue weighted by atomic mass is 9.95. The summed E-state index contributed by atoms with van der Waals surface area (Å²) in [5.41, 5.74) is 1.13. The van der Waals surface area contributed by atoms with Gasteiger partial charge in [0.2, 0.25) is 0 Å². The van der Waals surface area contributed by atoms with Crippen LogP contribution in [0.1, 0.15) is 44.9 Å². The maximum atomic E-state index is 13.2. The molecule has 1 aliphatic rings.